The first kappa shape index (κ1) is 21.2. The van der Waals surface area contributed by atoms with Crippen LogP contribution in [0.1, 0.15) is 50.7 Å². The van der Waals surface area contributed by atoms with E-state index in [0.717, 1.165) is 18.6 Å². The number of thioether (sulfide) groups is 1. The molecule has 0 bridgehead atoms. The number of hydrogen-bond acceptors (Lipinski definition) is 6. The van der Waals surface area contributed by atoms with Gasteiger partial charge >= 0.3 is 5.97 Å². The molecule has 0 radical (unpaired) electrons. The highest BCUT2D eigenvalue weighted by Crippen LogP contribution is 2.40. The van der Waals surface area contributed by atoms with Crippen LogP contribution in [0.4, 0.5) is 10.2 Å². The maximum Gasteiger partial charge on any atom is 0.315 e. The number of carbonyl (C=O) groups excluding carboxylic acids is 1. The van der Waals surface area contributed by atoms with E-state index in [-0.39, 0.29) is 12.2 Å². The molecule has 29 heavy (non-hydrogen) atoms. The lowest BCUT2D eigenvalue weighted by atomic mass is 9.77. The fraction of sp³-hybridized carbons (Fsp3) is 0.429. The SMILES string of the molecule is CCCCSc1nc2c(c(=O)[nH]1)C(c1ccc(F)cc1)C(C(=O)OCC)C(C)=N2. The van der Waals surface area contributed by atoms with Gasteiger partial charge in [-0.05, 0) is 38.0 Å². The van der Waals surface area contributed by atoms with Gasteiger partial charge in [-0.3, -0.25) is 9.59 Å². The number of ether oxygens (including phenoxy) is 1. The molecule has 0 aliphatic carbocycles. The number of rotatable bonds is 7. The van der Waals surface area contributed by atoms with Gasteiger partial charge in [0.2, 0.25) is 0 Å². The Morgan fingerprint density at radius 3 is 2.66 bits per heavy atom. The highest BCUT2D eigenvalue weighted by Gasteiger charge is 2.41. The lowest BCUT2D eigenvalue weighted by molar-refractivity contribution is -0.146. The van der Waals surface area contributed by atoms with Gasteiger partial charge in [0.05, 0.1) is 12.2 Å². The first-order chi connectivity index (χ1) is 14.0. The van der Waals surface area contributed by atoms with Gasteiger partial charge in [0.15, 0.2) is 11.0 Å². The number of nitrogens with zero attached hydrogens (tertiary/aromatic N) is 2. The van der Waals surface area contributed by atoms with Crippen molar-refractivity contribution < 1.29 is 13.9 Å². The number of carbonyl (C=O) groups is 1. The van der Waals surface area contributed by atoms with Crippen LogP contribution in [0.5, 0.6) is 0 Å². The second-order valence-corrected chi connectivity index (χ2v) is 7.91. The number of halogens is 1. The van der Waals surface area contributed by atoms with E-state index in [2.05, 4.69) is 21.9 Å². The second-order valence-electron chi connectivity index (χ2n) is 6.82. The molecular formula is C21H24FN3O3S. The first-order valence-electron chi connectivity index (χ1n) is 9.70. The summed E-state index contributed by atoms with van der Waals surface area (Å²) in [6, 6.07) is 5.79. The van der Waals surface area contributed by atoms with Crippen molar-refractivity contribution in [3.8, 4) is 0 Å². The number of hydrogen-bond donors (Lipinski definition) is 1. The van der Waals surface area contributed by atoms with Gasteiger partial charge in [-0.15, -0.1) is 0 Å². The first-order valence-corrected chi connectivity index (χ1v) is 10.7. The summed E-state index contributed by atoms with van der Waals surface area (Å²) < 4.78 is 18.7. The van der Waals surface area contributed by atoms with Gasteiger partial charge in [-0.2, -0.15) is 0 Å². The van der Waals surface area contributed by atoms with Crippen molar-refractivity contribution in [2.45, 2.75) is 44.7 Å². The van der Waals surface area contributed by atoms with Crippen molar-refractivity contribution in [3.05, 3.63) is 51.6 Å². The Morgan fingerprint density at radius 2 is 2.00 bits per heavy atom. The molecule has 0 saturated carbocycles. The summed E-state index contributed by atoms with van der Waals surface area (Å²) in [6.45, 7) is 5.77. The summed E-state index contributed by atoms with van der Waals surface area (Å²) in [5.74, 6) is -1.12. The number of unbranched alkanes of at least 4 members (excludes halogenated alkanes) is 1. The smallest absolute Gasteiger partial charge is 0.315 e. The van der Waals surface area contributed by atoms with Crippen molar-refractivity contribution in [2.24, 2.45) is 10.9 Å². The van der Waals surface area contributed by atoms with E-state index in [1.807, 2.05) is 0 Å². The normalized spacial score (nSPS) is 18.1. The molecule has 0 amide bonds. The van der Waals surface area contributed by atoms with Crippen molar-refractivity contribution in [3.63, 3.8) is 0 Å². The number of benzene rings is 1. The van der Waals surface area contributed by atoms with Crippen LogP contribution in [-0.4, -0.2) is 34.0 Å². The molecule has 2 aromatic rings. The van der Waals surface area contributed by atoms with Crippen LogP contribution in [-0.2, 0) is 9.53 Å². The van der Waals surface area contributed by atoms with Gasteiger partial charge in [-0.25, -0.2) is 14.4 Å². The number of aliphatic imine (C=N–C) groups is 1. The van der Waals surface area contributed by atoms with Crippen molar-refractivity contribution >= 4 is 29.3 Å². The molecule has 0 spiro atoms. The van der Waals surface area contributed by atoms with E-state index < -0.39 is 23.6 Å². The van der Waals surface area contributed by atoms with E-state index in [9.17, 15) is 14.0 Å². The Balaban J connectivity index is 2.12. The van der Waals surface area contributed by atoms with E-state index in [4.69, 9.17) is 4.74 Å². The van der Waals surface area contributed by atoms with Gasteiger partial charge < -0.3 is 9.72 Å². The molecule has 0 saturated heterocycles. The zero-order chi connectivity index (χ0) is 21.0. The molecule has 1 aliphatic rings. The fourth-order valence-corrected chi connectivity index (χ4v) is 4.35. The zero-order valence-electron chi connectivity index (χ0n) is 16.7. The maximum absolute atomic E-state index is 13.5. The lowest BCUT2D eigenvalue weighted by Gasteiger charge is -2.30. The van der Waals surface area contributed by atoms with Crippen molar-refractivity contribution in [1.29, 1.82) is 0 Å². The zero-order valence-corrected chi connectivity index (χ0v) is 17.5. The van der Waals surface area contributed by atoms with E-state index >= 15 is 0 Å². The predicted molar refractivity (Wildman–Crippen MR) is 112 cm³/mol. The fourth-order valence-electron chi connectivity index (χ4n) is 3.41. The molecule has 1 aromatic heterocycles. The summed E-state index contributed by atoms with van der Waals surface area (Å²) >= 11 is 1.47. The number of aromatic nitrogens is 2. The molecule has 154 valence electrons. The molecule has 3 rings (SSSR count). The number of aromatic amines is 1. The average Bonchev–Trinajstić information content (AvgIpc) is 2.68. The Bertz CT molecular complexity index is 972. The molecule has 1 aromatic carbocycles. The van der Waals surface area contributed by atoms with Gasteiger partial charge in [-0.1, -0.05) is 37.2 Å². The monoisotopic (exact) mass is 417 g/mol. The molecule has 8 heteroatoms. The number of nitrogens with one attached hydrogen (secondary N) is 1. The molecule has 2 atom stereocenters. The second kappa shape index (κ2) is 9.35. The third-order valence-electron chi connectivity index (χ3n) is 4.80. The summed E-state index contributed by atoms with van der Waals surface area (Å²) in [6.07, 6.45) is 2.06. The summed E-state index contributed by atoms with van der Waals surface area (Å²) in [5.41, 5.74) is 1.13. The van der Waals surface area contributed by atoms with Gasteiger partial charge in [0, 0.05) is 17.4 Å². The minimum Gasteiger partial charge on any atom is -0.465 e. The maximum atomic E-state index is 13.5. The minimum atomic E-state index is -0.769. The quantitative estimate of drug-likeness (QED) is 0.316. The molecule has 6 nitrogen and oxygen atoms in total. The van der Waals surface area contributed by atoms with Gasteiger partial charge in [0.25, 0.3) is 5.56 Å². The Labute approximate surface area is 173 Å². The molecule has 0 fully saturated rings. The molecule has 1 aliphatic heterocycles. The van der Waals surface area contributed by atoms with Crippen LogP contribution in [0.25, 0.3) is 0 Å². The van der Waals surface area contributed by atoms with Crippen LogP contribution < -0.4 is 5.56 Å². The van der Waals surface area contributed by atoms with Crippen molar-refractivity contribution in [1.82, 2.24) is 9.97 Å². The topological polar surface area (TPSA) is 84.4 Å². The molecule has 1 N–H and O–H groups in total. The molecule has 2 heterocycles. The highest BCUT2D eigenvalue weighted by molar-refractivity contribution is 7.99. The largest absolute Gasteiger partial charge is 0.465 e. The van der Waals surface area contributed by atoms with Crippen LogP contribution in [0.3, 0.4) is 0 Å². The molecular weight excluding hydrogens is 393 g/mol. The average molecular weight is 418 g/mol. The summed E-state index contributed by atoms with van der Waals surface area (Å²) in [5, 5.41) is 0.506. The van der Waals surface area contributed by atoms with Crippen LogP contribution in [0.15, 0.2) is 39.2 Å². The number of fused-ring (bicyclic) bond motifs is 1. The standard InChI is InChI=1S/C21H24FN3O3S/c1-4-6-11-29-21-24-18-17(19(26)25-21)16(13-7-9-14(22)10-8-13)15(12(3)23-18)20(27)28-5-2/h7-10,15-16H,4-6,11H2,1-3H3,(H,24,25,26). The Morgan fingerprint density at radius 1 is 1.28 bits per heavy atom. The van der Waals surface area contributed by atoms with E-state index in [0.29, 0.717) is 27.8 Å². The van der Waals surface area contributed by atoms with Crippen molar-refractivity contribution in [2.75, 3.05) is 12.4 Å². The van der Waals surface area contributed by atoms with Gasteiger partial charge in [0.1, 0.15) is 11.7 Å². The number of esters is 1. The van der Waals surface area contributed by atoms with Crippen LogP contribution in [0, 0.1) is 11.7 Å². The van der Waals surface area contributed by atoms with E-state index in [1.54, 1.807) is 26.0 Å². The summed E-state index contributed by atoms with van der Waals surface area (Å²) in [4.78, 5) is 37.5. The molecule has 2 unspecified atom stereocenters. The predicted octanol–water partition coefficient (Wildman–Crippen LogP) is 4.22. The third-order valence-corrected chi connectivity index (χ3v) is 5.76. The highest BCUT2D eigenvalue weighted by atomic mass is 32.2. The summed E-state index contributed by atoms with van der Waals surface area (Å²) in [7, 11) is 0. The van der Waals surface area contributed by atoms with Crippen LogP contribution in [0.2, 0.25) is 0 Å². The van der Waals surface area contributed by atoms with E-state index in [1.165, 1.54) is 23.9 Å². The minimum absolute atomic E-state index is 0.215. The lowest BCUT2D eigenvalue weighted by Crippen LogP contribution is -2.37. The number of H-pyrrole nitrogens is 1. The third kappa shape index (κ3) is 4.58. The van der Waals surface area contributed by atoms with Crippen LogP contribution >= 0.6 is 11.8 Å². The Kier molecular flexibility index (Phi) is 6.84. The Hall–Kier alpha value is -2.48.